The van der Waals surface area contributed by atoms with Gasteiger partial charge < -0.3 is 9.47 Å². The van der Waals surface area contributed by atoms with Crippen molar-refractivity contribution in [1.29, 1.82) is 0 Å². The van der Waals surface area contributed by atoms with Crippen LogP contribution in [0.5, 0.6) is 0 Å². The zero-order valence-electron chi connectivity index (χ0n) is 15.0. The number of halogens is 1. The van der Waals surface area contributed by atoms with Gasteiger partial charge >= 0.3 is 5.97 Å². The van der Waals surface area contributed by atoms with Gasteiger partial charge in [0.1, 0.15) is 0 Å². The second-order valence-electron chi connectivity index (χ2n) is 6.99. The Morgan fingerprint density at radius 3 is 2.76 bits per heavy atom. The van der Waals surface area contributed by atoms with Crippen molar-refractivity contribution in [2.45, 2.75) is 39.4 Å². The van der Waals surface area contributed by atoms with Gasteiger partial charge in [0.05, 0.1) is 12.7 Å². The van der Waals surface area contributed by atoms with Crippen molar-refractivity contribution in [1.82, 2.24) is 0 Å². The number of ether oxygens (including phenoxy) is 2. The zero-order chi connectivity index (χ0) is 18.1. The van der Waals surface area contributed by atoms with E-state index < -0.39 is 6.10 Å². The Morgan fingerprint density at radius 2 is 2.12 bits per heavy atom. The smallest absolute Gasteiger partial charge is 0.335 e. The van der Waals surface area contributed by atoms with E-state index in [4.69, 9.17) is 9.47 Å². The van der Waals surface area contributed by atoms with Gasteiger partial charge in [0.15, 0.2) is 6.10 Å². The summed E-state index contributed by atoms with van der Waals surface area (Å²) in [5.74, 6) is 0.259. The monoisotopic (exact) mass is 404 g/mol. The normalized spacial score (nSPS) is 31.2. The van der Waals surface area contributed by atoms with Gasteiger partial charge in [-0.2, -0.15) is 0 Å². The van der Waals surface area contributed by atoms with Gasteiger partial charge in [0.25, 0.3) is 0 Å². The van der Waals surface area contributed by atoms with Crippen molar-refractivity contribution in [3.63, 3.8) is 0 Å². The van der Waals surface area contributed by atoms with E-state index in [9.17, 15) is 4.79 Å². The number of rotatable bonds is 4. The van der Waals surface area contributed by atoms with Crippen LogP contribution in [-0.4, -0.2) is 18.7 Å². The highest BCUT2D eigenvalue weighted by Gasteiger charge is 2.53. The summed E-state index contributed by atoms with van der Waals surface area (Å²) in [6.07, 6.45) is 2.47. The number of allylic oxidation sites excluding steroid dienone is 2. The molecule has 3 rings (SSSR count). The summed E-state index contributed by atoms with van der Waals surface area (Å²) in [5.41, 5.74) is 3.45. The molecule has 1 aromatic rings. The molecule has 3 nitrogen and oxygen atoms in total. The van der Waals surface area contributed by atoms with E-state index >= 15 is 0 Å². The Morgan fingerprint density at radius 1 is 1.40 bits per heavy atom. The summed E-state index contributed by atoms with van der Waals surface area (Å²) in [6, 6.07) is 8.09. The third-order valence-electron chi connectivity index (χ3n) is 5.43. The highest BCUT2D eigenvalue weighted by atomic mass is 79.9. The lowest BCUT2D eigenvalue weighted by molar-refractivity contribution is -0.157. The second kappa shape index (κ2) is 7.46. The van der Waals surface area contributed by atoms with Crippen molar-refractivity contribution in [3.05, 3.63) is 58.1 Å². The molecule has 1 saturated heterocycles. The lowest BCUT2D eigenvalue weighted by Gasteiger charge is -2.36. The Balaban J connectivity index is 2.06. The van der Waals surface area contributed by atoms with Crippen molar-refractivity contribution >= 4 is 21.9 Å². The molecule has 1 heterocycles. The summed E-state index contributed by atoms with van der Waals surface area (Å²) in [4.78, 5) is 12.6. The summed E-state index contributed by atoms with van der Waals surface area (Å²) < 4.78 is 12.7. The maximum Gasteiger partial charge on any atom is 0.335 e. The van der Waals surface area contributed by atoms with Crippen LogP contribution in [0.2, 0.25) is 0 Å². The maximum atomic E-state index is 12.6. The molecule has 134 valence electrons. The standard InChI is InChI=1S/C21H25BrO3/c1-5-24-21(23)20-17-13(4)10-11-14(12(2)3)18(17)19(25-20)15-8-6-7-9-16(15)22/h6-10,14,17-20H,2,5,11H2,1,3-4H3/t14-,17+,18-,19+,20+/m1/s1. The fourth-order valence-electron chi connectivity index (χ4n) is 4.28. The van der Waals surface area contributed by atoms with Crippen LogP contribution < -0.4 is 0 Å². The van der Waals surface area contributed by atoms with Crippen molar-refractivity contribution in [3.8, 4) is 0 Å². The quantitative estimate of drug-likeness (QED) is 0.509. The van der Waals surface area contributed by atoms with Gasteiger partial charge in [0, 0.05) is 16.3 Å². The van der Waals surface area contributed by atoms with Gasteiger partial charge in [-0.25, -0.2) is 4.79 Å². The van der Waals surface area contributed by atoms with E-state index in [0.29, 0.717) is 12.5 Å². The zero-order valence-corrected chi connectivity index (χ0v) is 16.6. The van der Waals surface area contributed by atoms with Crippen molar-refractivity contribution in [2.24, 2.45) is 17.8 Å². The molecule has 0 spiro atoms. The summed E-state index contributed by atoms with van der Waals surface area (Å²) in [6.45, 7) is 10.6. The third kappa shape index (κ3) is 3.34. The molecule has 2 aliphatic rings. The van der Waals surface area contributed by atoms with E-state index in [-0.39, 0.29) is 23.9 Å². The minimum absolute atomic E-state index is 0.0339. The number of benzene rings is 1. The molecule has 0 aromatic heterocycles. The molecule has 25 heavy (non-hydrogen) atoms. The maximum absolute atomic E-state index is 12.6. The number of carbonyl (C=O) groups is 1. The van der Waals surface area contributed by atoms with E-state index in [1.54, 1.807) is 0 Å². The lowest BCUT2D eigenvalue weighted by Crippen LogP contribution is -2.35. The predicted octanol–water partition coefficient (Wildman–Crippen LogP) is 5.23. The fraction of sp³-hybridized carbons (Fsp3) is 0.476. The number of fused-ring (bicyclic) bond motifs is 1. The molecule has 0 bridgehead atoms. The predicted molar refractivity (Wildman–Crippen MR) is 102 cm³/mol. The van der Waals surface area contributed by atoms with E-state index in [1.807, 2.05) is 25.1 Å². The van der Waals surface area contributed by atoms with Gasteiger partial charge in [-0.3, -0.25) is 0 Å². The average Bonchev–Trinajstić information content (AvgIpc) is 2.97. The summed E-state index contributed by atoms with van der Waals surface area (Å²) in [5, 5.41) is 0. The molecule has 0 N–H and O–H groups in total. The number of hydrogen-bond donors (Lipinski definition) is 0. The SMILES string of the molecule is C=C(C)[C@H]1CC=C(C)[C@H]2[C@@H]1[C@H](c1ccccc1Br)O[C@@H]2C(=O)OCC. The number of esters is 1. The molecule has 1 aliphatic heterocycles. The minimum atomic E-state index is -0.555. The van der Waals surface area contributed by atoms with Crippen molar-refractivity contribution in [2.75, 3.05) is 6.61 Å². The first-order valence-electron chi connectivity index (χ1n) is 8.84. The first-order valence-corrected chi connectivity index (χ1v) is 9.63. The van der Waals surface area contributed by atoms with Crippen LogP contribution in [0.4, 0.5) is 0 Å². The van der Waals surface area contributed by atoms with Gasteiger partial charge in [-0.15, -0.1) is 0 Å². The molecule has 0 amide bonds. The lowest BCUT2D eigenvalue weighted by atomic mass is 9.66. The van der Waals surface area contributed by atoms with E-state index in [0.717, 1.165) is 22.0 Å². The average molecular weight is 405 g/mol. The Hall–Kier alpha value is -1.39. The Labute approximate surface area is 158 Å². The Kier molecular flexibility index (Phi) is 5.49. The number of hydrogen-bond acceptors (Lipinski definition) is 3. The van der Waals surface area contributed by atoms with E-state index in [1.165, 1.54) is 5.57 Å². The van der Waals surface area contributed by atoms with Crippen LogP contribution in [0.3, 0.4) is 0 Å². The van der Waals surface area contributed by atoms with Gasteiger partial charge in [0.2, 0.25) is 0 Å². The number of carbonyl (C=O) groups excluding carboxylic acids is 1. The largest absolute Gasteiger partial charge is 0.464 e. The fourth-order valence-corrected chi connectivity index (χ4v) is 4.79. The highest BCUT2D eigenvalue weighted by molar-refractivity contribution is 9.10. The molecular formula is C21H25BrO3. The third-order valence-corrected chi connectivity index (χ3v) is 6.15. The molecule has 1 aliphatic carbocycles. The molecule has 4 heteroatoms. The van der Waals surface area contributed by atoms with Crippen LogP contribution in [0.1, 0.15) is 38.9 Å². The molecule has 0 unspecified atom stereocenters. The first-order chi connectivity index (χ1) is 12.0. The summed E-state index contributed by atoms with van der Waals surface area (Å²) >= 11 is 3.65. The topological polar surface area (TPSA) is 35.5 Å². The molecule has 5 atom stereocenters. The molecule has 0 radical (unpaired) electrons. The van der Waals surface area contributed by atoms with Crippen molar-refractivity contribution < 1.29 is 14.3 Å². The minimum Gasteiger partial charge on any atom is -0.464 e. The van der Waals surface area contributed by atoms with Gasteiger partial charge in [-0.05, 0) is 44.7 Å². The van der Waals surface area contributed by atoms with Crippen LogP contribution in [0.15, 0.2) is 52.5 Å². The Bertz CT molecular complexity index is 709. The van der Waals surface area contributed by atoms with Crippen LogP contribution >= 0.6 is 15.9 Å². The van der Waals surface area contributed by atoms with E-state index in [2.05, 4.69) is 48.5 Å². The van der Waals surface area contributed by atoms with Crippen LogP contribution in [0, 0.1) is 17.8 Å². The molecular weight excluding hydrogens is 380 g/mol. The first kappa shape index (κ1) is 18.4. The second-order valence-corrected chi connectivity index (χ2v) is 7.85. The summed E-state index contributed by atoms with van der Waals surface area (Å²) in [7, 11) is 0. The molecule has 1 fully saturated rings. The van der Waals surface area contributed by atoms with Crippen LogP contribution in [0.25, 0.3) is 0 Å². The van der Waals surface area contributed by atoms with Crippen LogP contribution in [-0.2, 0) is 14.3 Å². The molecule has 0 saturated carbocycles. The van der Waals surface area contributed by atoms with Gasteiger partial charge in [-0.1, -0.05) is 57.9 Å². The highest BCUT2D eigenvalue weighted by Crippen LogP contribution is 2.54. The molecule has 1 aromatic carbocycles.